The Labute approximate surface area is 79.4 Å². The number of hydrogen-bond donors (Lipinski definition) is 2. The van der Waals surface area contributed by atoms with Crippen molar-refractivity contribution in [1.82, 2.24) is 0 Å². The molecule has 0 aliphatic carbocycles. The highest BCUT2D eigenvalue weighted by Crippen LogP contribution is 2.21. The lowest BCUT2D eigenvalue weighted by molar-refractivity contribution is 0.120. The molecule has 3 N–H and O–H groups in total. The summed E-state index contributed by atoms with van der Waals surface area (Å²) in [5.74, 6) is 0.0856. The molecule has 0 spiro atoms. The molecule has 72 valence electrons. The van der Waals surface area contributed by atoms with Crippen LogP contribution in [-0.2, 0) is 0 Å². The predicted octanol–water partition coefficient (Wildman–Crippen LogP) is 1.70. The van der Waals surface area contributed by atoms with Gasteiger partial charge < -0.3 is 10.8 Å². The SMILES string of the molecule is C[C@@H]([C@@H](C)O)[C@@H](N)c1ccccc1. The van der Waals surface area contributed by atoms with Crippen molar-refractivity contribution in [2.75, 3.05) is 0 Å². The van der Waals surface area contributed by atoms with Crippen molar-refractivity contribution in [1.29, 1.82) is 0 Å². The summed E-state index contributed by atoms with van der Waals surface area (Å²) in [6.45, 7) is 3.73. The van der Waals surface area contributed by atoms with Crippen LogP contribution in [0.5, 0.6) is 0 Å². The Kier molecular flexibility index (Phi) is 3.46. The Bertz CT molecular complexity index is 246. The van der Waals surface area contributed by atoms with Crippen molar-refractivity contribution in [3.63, 3.8) is 0 Å². The topological polar surface area (TPSA) is 46.2 Å². The van der Waals surface area contributed by atoms with Crippen molar-refractivity contribution >= 4 is 0 Å². The van der Waals surface area contributed by atoms with E-state index in [1.54, 1.807) is 6.92 Å². The molecule has 0 saturated carbocycles. The Morgan fingerprint density at radius 3 is 2.15 bits per heavy atom. The van der Waals surface area contributed by atoms with Crippen molar-refractivity contribution in [3.05, 3.63) is 35.9 Å². The molecule has 0 aromatic heterocycles. The number of rotatable bonds is 3. The molecule has 0 aliphatic heterocycles. The molecule has 0 amide bonds. The number of nitrogens with two attached hydrogens (primary N) is 1. The summed E-state index contributed by atoms with van der Waals surface area (Å²) >= 11 is 0. The van der Waals surface area contributed by atoms with Gasteiger partial charge in [0.25, 0.3) is 0 Å². The van der Waals surface area contributed by atoms with E-state index in [4.69, 9.17) is 5.73 Å². The van der Waals surface area contributed by atoms with Gasteiger partial charge in [-0.1, -0.05) is 37.3 Å². The van der Waals surface area contributed by atoms with Crippen molar-refractivity contribution in [2.24, 2.45) is 11.7 Å². The van der Waals surface area contributed by atoms with Crippen LogP contribution in [0.4, 0.5) is 0 Å². The van der Waals surface area contributed by atoms with Crippen LogP contribution in [0.3, 0.4) is 0 Å². The summed E-state index contributed by atoms with van der Waals surface area (Å²) in [7, 11) is 0. The van der Waals surface area contributed by atoms with Crippen LogP contribution in [0.2, 0.25) is 0 Å². The number of benzene rings is 1. The average Bonchev–Trinajstić information content (AvgIpc) is 2.17. The Balaban J connectivity index is 2.73. The molecular formula is C11H17NO. The summed E-state index contributed by atoms with van der Waals surface area (Å²) in [6, 6.07) is 9.78. The minimum Gasteiger partial charge on any atom is -0.393 e. The van der Waals surface area contributed by atoms with Crippen molar-refractivity contribution < 1.29 is 5.11 Å². The van der Waals surface area contributed by atoms with Gasteiger partial charge in [-0.05, 0) is 12.5 Å². The van der Waals surface area contributed by atoms with E-state index < -0.39 is 0 Å². The molecule has 1 aromatic carbocycles. The molecule has 0 saturated heterocycles. The number of aliphatic hydroxyl groups is 1. The minimum absolute atomic E-state index is 0.0822. The minimum atomic E-state index is -0.366. The molecule has 0 aliphatic rings. The van der Waals surface area contributed by atoms with Crippen LogP contribution in [0.1, 0.15) is 25.5 Å². The number of aliphatic hydroxyl groups excluding tert-OH is 1. The monoisotopic (exact) mass is 179 g/mol. The van der Waals surface area contributed by atoms with Gasteiger partial charge in [0.15, 0.2) is 0 Å². The van der Waals surface area contributed by atoms with Crippen LogP contribution < -0.4 is 5.73 Å². The van der Waals surface area contributed by atoms with Gasteiger partial charge in [-0.25, -0.2) is 0 Å². The zero-order valence-electron chi connectivity index (χ0n) is 8.14. The molecule has 0 fully saturated rings. The Morgan fingerprint density at radius 1 is 1.15 bits per heavy atom. The molecule has 13 heavy (non-hydrogen) atoms. The van der Waals surface area contributed by atoms with E-state index in [-0.39, 0.29) is 18.1 Å². The maximum atomic E-state index is 9.37. The predicted molar refractivity (Wildman–Crippen MR) is 54.2 cm³/mol. The zero-order chi connectivity index (χ0) is 9.84. The fourth-order valence-corrected chi connectivity index (χ4v) is 1.28. The summed E-state index contributed by atoms with van der Waals surface area (Å²) < 4.78 is 0. The molecule has 3 atom stereocenters. The lowest BCUT2D eigenvalue weighted by Crippen LogP contribution is -2.27. The van der Waals surface area contributed by atoms with Crippen LogP contribution in [0, 0.1) is 5.92 Å². The number of hydrogen-bond acceptors (Lipinski definition) is 2. The van der Waals surface area contributed by atoms with Crippen molar-refractivity contribution in [3.8, 4) is 0 Å². The second kappa shape index (κ2) is 4.40. The van der Waals surface area contributed by atoms with E-state index in [1.807, 2.05) is 37.3 Å². The van der Waals surface area contributed by atoms with Gasteiger partial charge in [0, 0.05) is 12.0 Å². The van der Waals surface area contributed by atoms with E-state index in [0.29, 0.717) is 0 Å². The molecule has 1 rings (SSSR count). The first kappa shape index (κ1) is 10.2. The van der Waals surface area contributed by atoms with E-state index in [2.05, 4.69) is 0 Å². The Hall–Kier alpha value is -0.860. The van der Waals surface area contributed by atoms with Crippen LogP contribution in [0.25, 0.3) is 0 Å². The van der Waals surface area contributed by atoms with Crippen LogP contribution >= 0.6 is 0 Å². The normalized spacial score (nSPS) is 17.8. The molecule has 2 heteroatoms. The highest BCUT2D eigenvalue weighted by molar-refractivity contribution is 5.19. The van der Waals surface area contributed by atoms with Gasteiger partial charge in [-0.2, -0.15) is 0 Å². The van der Waals surface area contributed by atoms with E-state index in [1.165, 1.54) is 0 Å². The molecule has 1 aromatic rings. The standard InChI is InChI=1S/C11H17NO/c1-8(9(2)13)11(12)10-6-4-3-5-7-10/h3-9,11,13H,12H2,1-2H3/t8-,9+,11+/m0/s1. The van der Waals surface area contributed by atoms with Crippen LogP contribution in [0.15, 0.2) is 30.3 Å². The zero-order valence-corrected chi connectivity index (χ0v) is 8.14. The second-order valence-electron chi connectivity index (χ2n) is 3.54. The molecule has 0 unspecified atom stereocenters. The summed E-state index contributed by atoms with van der Waals surface area (Å²) in [6.07, 6.45) is -0.366. The highest BCUT2D eigenvalue weighted by Gasteiger charge is 2.18. The second-order valence-corrected chi connectivity index (χ2v) is 3.54. The lowest BCUT2D eigenvalue weighted by atomic mass is 9.92. The summed E-state index contributed by atoms with van der Waals surface area (Å²) in [5.41, 5.74) is 7.06. The van der Waals surface area contributed by atoms with Gasteiger partial charge >= 0.3 is 0 Å². The van der Waals surface area contributed by atoms with E-state index in [0.717, 1.165) is 5.56 Å². The third kappa shape index (κ3) is 2.54. The van der Waals surface area contributed by atoms with E-state index in [9.17, 15) is 5.11 Å². The largest absolute Gasteiger partial charge is 0.393 e. The van der Waals surface area contributed by atoms with Gasteiger partial charge in [-0.3, -0.25) is 0 Å². The van der Waals surface area contributed by atoms with Gasteiger partial charge in [0.05, 0.1) is 6.10 Å². The molecular weight excluding hydrogens is 162 g/mol. The first-order valence-corrected chi connectivity index (χ1v) is 4.61. The average molecular weight is 179 g/mol. The third-order valence-corrected chi connectivity index (χ3v) is 2.51. The first-order valence-electron chi connectivity index (χ1n) is 4.61. The summed E-state index contributed by atoms with van der Waals surface area (Å²) in [4.78, 5) is 0. The van der Waals surface area contributed by atoms with Gasteiger partial charge in [-0.15, -0.1) is 0 Å². The molecule has 2 nitrogen and oxygen atoms in total. The quantitative estimate of drug-likeness (QED) is 0.742. The fourth-order valence-electron chi connectivity index (χ4n) is 1.28. The first-order chi connectivity index (χ1) is 6.13. The molecule has 0 bridgehead atoms. The van der Waals surface area contributed by atoms with E-state index >= 15 is 0 Å². The van der Waals surface area contributed by atoms with Crippen molar-refractivity contribution in [2.45, 2.75) is 26.0 Å². The highest BCUT2D eigenvalue weighted by atomic mass is 16.3. The van der Waals surface area contributed by atoms with Crippen LogP contribution in [-0.4, -0.2) is 11.2 Å². The molecule has 0 heterocycles. The van der Waals surface area contributed by atoms with Gasteiger partial charge in [0.1, 0.15) is 0 Å². The lowest BCUT2D eigenvalue weighted by Gasteiger charge is -2.22. The maximum absolute atomic E-state index is 9.37. The summed E-state index contributed by atoms with van der Waals surface area (Å²) in [5, 5.41) is 9.37. The molecule has 0 radical (unpaired) electrons. The fraction of sp³-hybridized carbons (Fsp3) is 0.455. The maximum Gasteiger partial charge on any atom is 0.0555 e. The smallest absolute Gasteiger partial charge is 0.0555 e. The third-order valence-electron chi connectivity index (χ3n) is 2.51. The van der Waals surface area contributed by atoms with Gasteiger partial charge in [0.2, 0.25) is 0 Å². The Morgan fingerprint density at radius 2 is 1.69 bits per heavy atom.